The Morgan fingerprint density at radius 2 is 2.36 bits per heavy atom. The number of carbonyl (C=O) groups is 1. The van der Waals surface area contributed by atoms with Gasteiger partial charge in [0.2, 0.25) is 0 Å². The van der Waals surface area contributed by atoms with Crippen LogP contribution in [0.5, 0.6) is 0 Å². The lowest BCUT2D eigenvalue weighted by molar-refractivity contribution is 0.0606. The number of esters is 1. The summed E-state index contributed by atoms with van der Waals surface area (Å²) in [6.07, 6.45) is 0. The molecule has 1 aromatic rings. The number of thiophene rings is 1. The summed E-state index contributed by atoms with van der Waals surface area (Å²) in [4.78, 5) is 11.5. The highest BCUT2D eigenvalue weighted by atomic mass is 32.1. The fourth-order valence-electron chi connectivity index (χ4n) is 0.697. The van der Waals surface area contributed by atoms with Crippen molar-refractivity contribution < 1.29 is 9.53 Å². The van der Waals surface area contributed by atoms with Crippen molar-refractivity contribution in [3.05, 3.63) is 16.5 Å². The molecule has 0 fully saturated rings. The zero-order valence-corrected chi connectivity index (χ0v) is 7.20. The topological polar surface area (TPSA) is 26.3 Å². The molecule has 0 aromatic carbocycles. The molecule has 0 aliphatic heterocycles. The van der Waals surface area contributed by atoms with Gasteiger partial charge in [-0.15, -0.1) is 11.3 Å². The van der Waals surface area contributed by atoms with Crippen molar-refractivity contribution in [1.82, 2.24) is 0 Å². The molecular formula is C7H7BO2S. The van der Waals surface area contributed by atoms with Crippen molar-refractivity contribution in [2.45, 2.75) is 6.92 Å². The van der Waals surface area contributed by atoms with E-state index >= 15 is 0 Å². The Bertz CT molecular complexity index is 260. The third-order valence-electron chi connectivity index (χ3n) is 1.34. The first-order chi connectivity index (χ1) is 5.15. The second-order valence-electron chi connectivity index (χ2n) is 2.15. The summed E-state index contributed by atoms with van der Waals surface area (Å²) in [5, 5.41) is 0. The molecule has 1 heterocycles. The van der Waals surface area contributed by atoms with Crippen LogP contribution >= 0.6 is 11.3 Å². The molecule has 0 unspecified atom stereocenters. The number of hydrogen-bond acceptors (Lipinski definition) is 3. The van der Waals surface area contributed by atoms with Crippen molar-refractivity contribution in [3.8, 4) is 0 Å². The molecule has 4 heteroatoms. The standard InChI is InChI=1S/C7H7BO2S/c1-4-3-5(7(9)10-2)11-6(4)8/h3H,1-2H3. The zero-order chi connectivity index (χ0) is 8.43. The summed E-state index contributed by atoms with van der Waals surface area (Å²) >= 11 is 1.25. The molecule has 0 bridgehead atoms. The normalized spacial score (nSPS) is 9.64. The molecule has 1 rings (SSSR count). The SMILES string of the molecule is [B]c1sc(C(=O)OC)cc1C. The highest BCUT2D eigenvalue weighted by Gasteiger charge is 2.08. The monoisotopic (exact) mass is 166 g/mol. The number of hydrogen-bond donors (Lipinski definition) is 0. The molecular weight excluding hydrogens is 159 g/mol. The maximum Gasteiger partial charge on any atom is 0.348 e. The molecule has 2 radical (unpaired) electrons. The third kappa shape index (κ3) is 1.63. The second-order valence-corrected chi connectivity index (χ2v) is 3.23. The van der Waals surface area contributed by atoms with Gasteiger partial charge in [-0.2, -0.15) is 0 Å². The van der Waals surface area contributed by atoms with E-state index in [1.165, 1.54) is 18.4 Å². The van der Waals surface area contributed by atoms with Crippen molar-refractivity contribution in [3.63, 3.8) is 0 Å². The van der Waals surface area contributed by atoms with Gasteiger partial charge in [-0.25, -0.2) is 4.79 Å². The summed E-state index contributed by atoms with van der Waals surface area (Å²) in [6, 6.07) is 1.73. The minimum atomic E-state index is -0.324. The van der Waals surface area contributed by atoms with Crippen LogP contribution in [-0.2, 0) is 4.74 Å². The van der Waals surface area contributed by atoms with E-state index in [0.717, 1.165) is 5.56 Å². The van der Waals surface area contributed by atoms with Gasteiger partial charge in [-0.05, 0) is 23.3 Å². The predicted octanol–water partition coefficient (Wildman–Crippen LogP) is 0.637. The maximum atomic E-state index is 10.9. The molecule has 0 spiro atoms. The van der Waals surface area contributed by atoms with Gasteiger partial charge in [-0.3, -0.25) is 0 Å². The summed E-state index contributed by atoms with van der Waals surface area (Å²) in [5.74, 6) is -0.324. The lowest BCUT2D eigenvalue weighted by Crippen LogP contribution is -1.98. The minimum absolute atomic E-state index is 0.324. The summed E-state index contributed by atoms with van der Waals surface area (Å²) in [5.41, 5.74) is 0.926. The van der Waals surface area contributed by atoms with Crippen LogP contribution in [0.3, 0.4) is 0 Å². The van der Waals surface area contributed by atoms with E-state index in [1.54, 1.807) is 6.07 Å². The number of carbonyl (C=O) groups excluding carboxylic acids is 1. The molecule has 0 saturated heterocycles. The van der Waals surface area contributed by atoms with Crippen LogP contribution in [0.2, 0.25) is 0 Å². The van der Waals surface area contributed by atoms with Gasteiger partial charge in [0.1, 0.15) is 12.7 Å². The van der Waals surface area contributed by atoms with Crippen LogP contribution in [-0.4, -0.2) is 20.9 Å². The summed E-state index contributed by atoms with van der Waals surface area (Å²) in [7, 11) is 6.90. The number of rotatable bonds is 1. The van der Waals surface area contributed by atoms with Crippen LogP contribution in [0.25, 0.3) is 0 Å². The average molecular weight is 166 g/mol. The maximum absolute atomic E-state index is 10.9. The largest absolute Gasteiger partial charge is 0.465 e. The molecule has 2 nitrogen and oxygen atoms in total. The van der Waals surface area contributed by atoms with E-state index in [2.05, 4.69) is 4.74 Å². The predicted molar refractivity (Wildman–Crippen MR) is 45.8 cm³/mol. The van der Waals surface area contributed by atoms with Crippen LogP contribution in [0.1, 0.15) is 15.2 Å². The van der Waals surface area contributed by atoms with Crippen LogP contribution in [0.15, 0.2) is 6.07 Å². The van der Waals surface area contributed by atoms with Gasteiger partial charge in [0, 0.05) is 0 Å². The van der Waals surface area contributed by atoms with Gasteiger partial charge in [0.05, 0.1) is 7.11 Å². The smallest absolute Gasteiger partial charge is 0.348 e. The fraction of sp³-hybridized carbons (Fsp3) is 0.286. The Kier molecular flexibility index (Phi) is 2.34. The summed E-state index contributed by atoms with van der Waals surface area (Å²) in [6.45, 7) is 1.86. The average Bonchev–Trinajstić information content (AvgIpc) is 2.31. The van der Waals surface area contributed by atoms with E-state index in [1.807, 2.05) is 6.92 Å². The summed E-state index contributed by atoms with van der Waals surface area (Å²) < 4.78 is 5.19. The van der Waals surface area contributed by atoms with Crippen LogP contribution in [0, 0.1) is 6.92 Å². The zero-order valence-electron chi connectivity index (χ0n) is 6.38. The fourth-order valence-corrected chi connectivity index (χ4v) is 1.56. The first-order valence-electron chi connectivity index (χ1n) is 3.09. The van der Waals surface area contributed by atoms with E-state index in [-0.39, 0.29) is 5.97 Å². The lowest BCUT2D eigenvalue weighted by Gasteiger charge is -1.90. The van der Waals surface area contributed by atoms with E-state index in [0.29, 0.717) is 9.65 Å². The Hall–Kier alpha value is -0.765. The molecule has 0 saturated carbocycles. The van der Waals surface area contributed by atoms with Crippen molar-refractivity contribution >= 4 is 29.9 Å². The first kappa shape index (κ1) is 8.33. The lowest BCUT2D eigenvalue weighted by atomic mass is 10.0. The third-order valence-corrected chi connectivity index (χ3v) is 2.39. The van der Waals surface area contributed by atoms with Gasteiger partial charge in [-0.1, -0.05) is 0 Å². The Morgan fingerprint density at radius 3 is 2.73 bits per heavy atom. The second kappa shape index (κ2) is 3.09. The van der Waals surface area contributed by atoms with Crippen molar-refractivity contribution in [2.24, 2.45) is 0 Å². The van der Waals surface area contributed by atoms with Gasteiger partial charge in [0.25, 0.3) is 0 Å². The van der Waals surface area contributed by atoms with E-state index < -0.39 is 0 Å². The quantitative estimate of drug-likeness (QED) is 0.452. The van der Waals surface area contributed by atoms with E-state index in [4.69, 9.17) is 7.85 Å². The van der Waals surface area contributed by atoms with Gasteiger partial charge >= 0.3 is 5.97 Å². The molecule has 0 atom stereocenters. The molecule has 0 amide bonds. The number of methoxy groups -OCH3 is 1. The van der Waals surface area contributed by atoms with Crippen molar-refractivity contribution in [1.29, 1.82) is 0 Å². The highest BCUT2D eigenvalue weighted by Crippen LogP contribution is 2.10. The Labute approximate surface area is 70.6 Å². The number of aryl methyl sites for hydroxylation is 1. The van der Waals surface area contributed by atoms with Crippen LogP contribution < -0.4 is 4.78 Å². The first-order valence-corrected chi connectivity index (χ1v) is 3.91. The number of ether oxygens (including phenoxy) is 1. The molecule has 0 aliphatic carbocycles. The molecule has 11 heavy (non-hydrogen) atoms. The van der Waals surface area contributed by atoms with Crippen LogP contribution in [0.4, 0.5) is 0 Å². The minimum Gasteiger partial charge on any atom is -0.465 e. The highest BCUT2D eigenvalue weighted by molar-refractivity contribution is 7.21. The molecule has 1 aromatic heterocycles. The molecule has 0 N–H and O–H groups in total. The van der Waals surface area contributed by atoms with E-state index in [9.17, 15) is 4.79 Å². The Morgan fingerprint density at radius 1 is 1.73 bits per heavy atom. The van der Waals surface area contributed by atoms with Gasteiger partial charge < -0.3 is 4.74 Å². The van der Waals surface area contributed by atoms with Gasteiger partial charge in [0.15, 0.2) is 0 Å². The van der Waals surface area contributed by atoms with Crippen molar-refractivity contribution in [2.75, 3.05) is 7.11 Å². The Balaban J connectivity index is 2.97. The molecule has 0 aliphatic rings. The molecule has 56 valence electrons.